The Morgan fingerprint density at radius 3 is 2.19 bits per heavy atom. The number of benzene rings is 2. The molecule has 0 unspecified atom stereocenters. The van der Waals surface area contributed by atoms with Crippen molar-refractivity contribution in [2.75, 3.05) is 0 Å². The molecule has 0 fully saturated rings. The van der Waals surface area contributed by atoms with Gasteiger partial charge in [-0.15, -0.1) is 0 Å². The molecular weight excluding hydrogens is 403 g/mol. The van der Waals surface area contributed by atoms with Gasteiger partial charge in [-0.1, -0.05) is 19.1 Å². The maximum absolute atomic E-state index is 13.0. The predicted molar refractivity (Wildman–Crippen MR) is 115 cm³/mol. The average molecular weight is 427 g/mol. The van der Waals surface area contributed by atoms with Crippen molar-refractivity contribution in [2.24, 2.45) is 0 Å². The molecule has 7 heteroatoms. The maximum Gasteiger partial charge on any atom is 0.416 e. The first-order valence-corrected chi connectivity index (χ1v) is 9.92. The zero-order chi connectivity index (χ0) is 22.8. The highest BCUT2D eigenvalue weighted by Gasteiger charge is 2.30. The van der Waals surface area contributed by atoms with Gasteiger partial charge in [-0.3, -0.25) is 4.79 Å². The van der Waals surface area contributed by atoms with Gasteiger partial charge in [0.05, 0.1) is 11.3 Å². The molecule has 1 N–H and O–H groups in total. The number of carbonyl (C=O) groups is 1. The Labute approximate surface area is 179 Å². The van der Waals surface area contributed by atoms with E-state index in [2.05, 4.69) is 15.3 Å². The van der Waals surface area contributed by atoms with Crippen LogP contribution in [0.5, 0.6) is 0 Å². The van der Waals surface area contributed by atoms with E-state index in [4.69, 9.17) is 0 Å². The number of alkyl halides is 3. The number of aromatic nitrogens is 2. The van der Waals surface area contributed by atoms with Gasteiger partial charge in [0, 0.05) is 22.9 Å². The van der Waals surface area contributed by atoms with E-state index in [0.717, 1.165) is 29.0 Å². The van der Waals surface area contributed by atoms with Crippen LogP contribution in [0.2, 0.25) is 0 Å². The third-order valence-electron chi connectivity index (χ3n) is 4.67. The van der Waals surface area contributed by atoms with Gasteiger partial charge in [0.2, 0.25) is 0 Å². The SMILES string of the molecule is CCc1ncncc1-c1cc(C(=O)NC(C)(C)C)cc(-c2ccc(C(F)(F)F)cc2)c1. The minimum atomic E-state index is -4.41. The first-order valence-electron chi connectivity index (χ1n) is 9.92. The van der Waals surface area contributed by atoms with Crippen molar-refractivity contribution in [3.63, 3.8) is 0 Å². The Kier molecular flexibility index (Phi) is 6.15. The molecule has 1 aromatic heterocycles. The van der Waals surface area contributed by atoms with Crippen molar-refractivity contribution >= 4 is 5.91 Å². The predicted octanol–water partition coefficient (Wildman–Crippen LogP) is 5.92. The molecule has 0 aliphatic heterocycles. The summed E-state index contributed by atoms with van der Waals surface area (Å²) >= 11 is 0. The van der Waals surface area contributed by atoms with Gasteiger partial charge in [0.25, 0.3) is 5.91 Å². The number of hydrogen-bond acceptors (Lipinski definition) is 3. The molecule has 0 aliphatic rings. The van der Waals surface area contributed by atoms with Crippen molar-refractivity contribution < 1.29 is 18.0 Å². The molecule has 4 nitrogen and oxygen atoms in total. The largest absolute Gasteiger partial charge is 0.416 e. The monoisotopic (exact) mass is 427 g/mol. The Hall–Kier alpha value is -3.22. The number of aryl methyl sites for hydroxylation is 1. The third-order valence-corrected chi connectivity index (χ3v) is 4.67. The molecule has 3 rings (SSSR count). The fourth-order valence-corrected chi connectivity index (χ4v) is 3.22. The van der Waals surface area contributed by atoms with Crippen LogP contribution in [-0.4, -0.2) is 21.4 Å². The van der Waals surface area contributed by atoms with E-state index in [1.165, 1.54) is 18.5 Å². The lowest BCUT2D eigenvalue weighted by Crippen LogP contribution is -2.40. The van der Waals surface area contributed by atoms with Crippen LogP contribution in [0.15, 0.2) is 55.0 Å². The van der Waals surface area contributed by atoms with E-state index in [1.54, 1.807) is 18.3 Å². The summed E-state index contributed by atoms with van der Waals surface area (Å²) in [6, 6.07) is 10.2. The molecule has 0 saturated heterocycles. The summed E-state index contributed by atoms with van der Waals surface area (Å²) in [6.45, 7) is 7.61. The fourth-order valence-electron chi connectivity index (χ4n) is 3.22. The normalized spacial score (nSPS) is 12.0. The Balaban J connectivity index is 2.14. The molecule has 2 aromatic carbocycles. The van der Waals surface area contributed by atoms with Crippen molar-refractivity contribution in [1.82, 2.24) is 15.3 Å². The molecule has 0 saturated carbocycles. The smallest absolute Gasteiger partial charge is 0.347 e. The van der Waals surface area contributed by atoms with Crippen molar-refractivity contribution in [3.8, 4) is 22.3 Å². The molecule has 3 aromatic rings. The first kappa shape index (κ1) is 22.5. The third kappa shape index (κ3) is 5.48. The minimum Gasteiger partial charge on any atom is -0.347 e. The van der Waals surface area contributed by atoms with Crippen LogP contribution in [0.3, 0.4) is 0 Å². The van der Waals surface area contributed by atoms with Crippen LogP contribution >= 0.6 is 0 Å². The number of nitrogens with zero attached hydrogens (tertiary/aromatic N) is 2. The van der Waals surface area contributed by atoms with Gasteiger partial charge in [0.15, 0.2) is 0 Å². The highest BCUT2D eigenvalue weighted by Crippen LogP contribution is 2.33. The Morgan fingerprint density at radius 2 is 1.61 bits per heavy atom. The quantitative estimate of drug-likeness (QED) is 0.562. The second-order valence-electron chi connectivity index (χ2n) is 8.31. The van der Waals surface area contributed by atoms with Crippen molar-refractivity contribution in [2.45, 2.75) is 45.8 Å². The average Bonchev–Trinajstić information content (AvgIpc) is 2.71. The van der Waals surface area contributed by atoms with Gasteiger partial charge in [-0.25, -0.2) is 9.97 Å². The molecule has 0 atom stereocenters. The summed E-state index contributed by atoms with van der Waals surface area (Å²) in [6.07, 6.45) is -0.584. The summed E-state index contributed by atoms with van der Waals surface area (Å²) in [5.41, 5.74) is 2.80. The van der Waals surface area contributed by atoms with Gasteiger partial charge >= 0.3 is 6.18 Å². The van der Waals surface area contributed by atoms with Crippen LogP contribution in [0.4, 0.5) is 13.2 Å². The Bertz CT molecular complexity index is 1080. The Morgan fingerprint density at radius 1 is 0.968 bits per heavy atom. The summed E-state index contributed by atoms with van der Waals surface area (Å²) in [5.74, 6) is -0.266. The topological polar surface area (TPSA) is 54.9 Å². The molecule has 0 radical (unpaired) electrons. The van der Waals surface area contributed by atoms with Crippen LogP contribution < -0.4 is 5.32 Å². The molecule has 31 heavy (non-hydrogen) atoms. The highest BCUT2D eigenvalue weighted by molar-refractivity contribution is 5.97. The number of rotatable bonds is 4. The molecule has 162 valence electrons. The number of carbonyl (C=O) groups excluding carboxylic acids is 1. The van der Waals surface area contributed by atoms with Gasteiger partial charge in [-0.2, -0.15) is 13.2 Å². The van der Waals surface area contributed by atoms with E-state index in [9.17, 15) is 18.0 Å². The second-order valence-corrected chi connectivity index (χ2v) is 8.31. The lowest BCUT2D eigenvalue weighted by molar-refractivity contribution is -0.137. The van der Waals surface area contributed by atoms with E-state index in [-0.39, 0.29) is 5.91 Å². The highest BCUT2D eigenvalue weighted by atomic mass is 19.4. The number of nitrogens with one attached hydrogen (secondary N) is 1. The minimum absolute atomic E-state index is 0.266. The van der Waals surface area contributed by atoms with E-state index in [0.29, 0.717) is 23.1 Å². The first-order chi connectivity index (χ1) is 14.5. The second kappa shape index (κ2) is 8.49. The number of amides is 1. The lowest BCUT2D eigenvalue weighted by atomic mass is 9.94. The fraction of sp³-hybridized carbons (Fsp3) is 0.292. The van der Waals surface area contributed by atoms with Crippen molar-refractivity contribution in [3.05, 3.63) is 71.8 Å². The maximum atomic E-state index is 13.0. The zero-order valence-corrected chi connectivity index (χ0v) is 17.8. The van der Waals surface area contributed by atoms with Crippen LogP contribution in [0.1, 0.15) is 49.3 Å². The molecule has 0 aliphatic carbocycles. The standard InChI is InChI=1S/C24H24F3N3O/c1-5-21-20(13-28-14-29-21)17-10-16(11-18(12-17)22(31)30-23(2,3)4)15-6-8-19(9-7-15)24(25,26)27/h6-14H,5H2,1-4H3,(H,30,31). The van der Waals surface area contributed by atoms with Crippen molar-refractivity contribution in [1.29, 1.82) is 0 Å². The number of halogens is 3. The summed E-state index contributed by atoms with van der Waals surface area (Å²) in [5, 5.41) is 2.93. The molecule has 1 amide bonds. The van der Waals surface area contributed by atoms with Crippen LogP contribution in [0.25, 0.3) is 22.3 Å². The molecular formula is C24H24F3N3O. The van der Waals surface area contributed by atoms with Gasteiger partial charge in [0.1, 0.15) is 6.33 Å². The van der Waals surface area contributed by atoms with Crippen LogP contribution in [-0.2, 0) is 12.6 Å². The van der Waals surface area contributed by atoms with E-state index >= 15 is 0 Å². The lowest BCUT2D eigenvalue weighted by Gasteiger charge is -2.21. The van der Waals surface area contributed by atoms with Crippen LogP contribution in [0, 0.1) is 0 Å². The summed E-state index contributed by atoms with van der Waals surface area (Å²) < 4.78 is 38.9. The molecule has 0 bridgehead atoms. The van der Waals surface area contributed by atoms with E-state index in [1.807, 2.05) is 33.8 Å². The van der Waals surface area contributed by atoms with E-state index < -0.39 is 17.3 Å². The summed E-state index contributed by atoms with van der Waals surface area (Å²) in [7, 11) is 0. The summed E-state index contributed by atoms with van der Waals surface area (Å²) in [4.78, 5) is 21.3. The molecule has 1 heterocycles. The zero-order valence-electron chi connectivity index (χ0n) is 17.8. The number of hydrogen-bond donors (Lipinski definition) is 1. The molecule has 0 spiro atoms. The van der Waals surface area contributed by atoms with Gasteiger partial charge < -0.3 is 5.32 Å². The van der Waals surface area contributed by atoms with Gasteiger partial charge in [-0.05, 0) is 74.2 Å².